The number of hydrogen-bond acceptors (Lipinski definition) is 2. The van der Waals surface area contributed by atoms with Crippen LogP contribution >= 0.6 is 0 Å². The minimum absolute atomic E-state index is 0.360. The van der Waals surface area contributed by atoms with Gasteiger partial charge in [-0.05, 0) is 34.6 Å². The zero-order valence-electron chi connectivity index (χ0n) is 7.80. The van der Waals surface area contributed by atoms with Crippen LogP contribution < -0.4 is 4.72 Å². The van der Waals surface area contributed by atoms with Crippen molar-refractivity contribution in [2.75, 3.05) is 0 Å². The van der Waals surface area contributed by atoms with E-state index in [1.165, 1.54) is 0 Å². The molecular weight excluding hydrogens is 162 g/mol. The van der Waals surface area contributed by atoms with Gasteiger partial charge in [-0.1, -0.05) is 0 Å². The SMILES string of the molecule is CC(C)S(=O)(=O)NC(C)(C)C. The van der Waals surface area contributed by atoms with Gasteiger partial charge in [-0.3, -0.25) is 0 Å². The molecule has 0 atom stereocenters. The Morgan fingerprint density at radius 2 is 1.55 bits per heavy atom. The fourth-order valence-electron chi connectivity index (χ4n) is 0.545. The van der Waals surface area contributed by atoms with Crippen molar-refractivity contribution in [3.8, 4) is 0 Å². The van der Waals surface area contributed by atoms with Crippen LogP contribution in [0, 0.1) is 0 Å². The van der Waals surface area contributed by atoms with Gasteiger partial charge >= 0.3 is 0 Å². The van der Waals surface area contributed by atoms with Gasteiger partial charge in [-0.25, -0.2) is 13.1 Å². The summed E-state index contributed by atoms with van der Waals surface area (Å²) < 4.78 is 25.0. The molecule has 0 fully saturated rings. The van der Waals surface area contributed by atoms with Crippen molar-refractivity contribution in [1.29, 1.82) is 0 Å². The lowest BCUT2D eigenvalue weighted by atomic mass is 10.1. The van der Waals surface area contributed by atoms with Gasteiger partial charge in [0, 0.05) is 5.54 Å². The second-order valence-electron chi connectivity index (χ2n) is 3.95. The summed E-state index contributed by atoms with van der Waals surface area (Å²) in [6.45, 7) is 8.80. The highest BCUT2D eigenvalue weighted by molar-refractivity contribution is 7.90. The summed E-state index contributed by atoms with van der Waals surface area (Å²) in [5.74, 6) is 0. The third-order valence-corrected chi connectivity index (χ3v) is 3.21. The van der Waals surface area contributed by atoms with Gasteiger partial charge < -0.3 is 0 Å². The van der Waals surface area contributed by atoms with Crippen molar-refractivity contribution in [3.63, 3.8) is 0 Å². The van der Waals surface area contributed by atoms with E-state index in [1.54, 1.807) is 13.8 Å². The number of sulfonamides is 1. The van der Waals surface area contributed by atoms with Crippen LogP contribution in [-0.4, -0.2) is 19.2 Å². The lowest BCUT2D eigenvalue weighted by Crippen LogP contribution is -2.43. The molecule has 0 heterocycles. The molecule has 0 rings (SSSR count). The Bertz CT molecular complexity index is 211. The predicted octanol–water partition coefficient (Wildman–Crippen LogP) is 1.11. The summed E-state index contributed by atoms with van der Waals surface area (Å²) in [5, 5.41) is -0.360. The molecule has 0 aromatic carbocycles. The van der Waals surface area contributed by atoms with Crippen molar-refractivity contribution in [2.45, 2.75) is 45.4 Å². The lowest BCUT2D eigenvalue weighted by Gasteiger charge is -2.21. The van der Waals surface area contributed by atoms with Crippen LogP contribution in [0.3, 0.4) is 0 Å². The average molecular weight is 179 g/mol. The Hall–Kier alpha value is -0.0900. The molecule has 0 aliphatic heterocycles. The Morgan fingerprint density at radius 3 is 1.64 bits per heavy atom. The highest BCUT2D eigenvalue weighted by Gasteiger charge is 2.22. The van der Waals surface area contributed by atoms with Crippen molar-refractivity contribution in [2.24, 2.45) is 0 Å². The van der Waals surface area contributed by atoms with Gasteiger partial charge in [-0.15, -0.1) is 0 Å². The summed E-state index contributed by atoms with van der Waals surface area (Å²) in [6, 6.07) is 0. The van der Waals surface area contributed by atoms with E-state index < -0.39 is 10.0 Å². The predicted molar refractivity (Wildman–Crippen MR) is 46.9 cm³/mol. The molecule has 0 spiro atoms. The Kier molecular flexibility index (Phi) is 3.08. The quantitative estimate of drug-likeness (QED) is 0.690. The van der Waals surface area contributed by atoms with Gasteiger partial charge in [0.05, 0.1) is 5.25 Å². The zero-order valence-corrected chi connectivity index (χ0v) is 8.62. The van der Waals surface area contributed by atoms with Gasteiger partial charge in [0.25, 0.3) is 0 Å². The first kappa shape index (κ1) is 10.9. The molecule has 0 bridgehead atoms. The zero-order chi connectivity index (χ0) is 9.28. The summed E-state index contributed by atoms with van der Waals surface area (Å²) in [7, 11) is -3.11. The fourth-order valence-corrected chi connectivity index (χ4v) is 1.63. The first-order valence-corrected chi connectivity index (χ1v) is 5.22. The van der Waals surface area contributed by atoms with E-state index in [9.17, 15) is 8.42 Å². The van der Waals surface area contributed by atoms with Crippen LogP contribution in [0.2, 0.25) is 0 Å². The van der Waals surface area contributed by atoms with Gasteiger partial charge in [0.2, 0.25) is 10.0 Å². The van der Waals surface area contributed by atoms with Gasteiger partial charge in [0.1, 0.15) is 0 Å². The Morgan fingerprint density at radius 1 is 1.18 bits per heavy atom. The second-order valence-corrected chi connectivity index (χ2v) is 6.18. The highest BCUT2D eigenvalue weighted by Crippen LogP contribution is 2.05. The first-order chi connectivity index (χ1) is 4.65. The minimum atomic E-state index is -3.11. The maximum absolute atomic E-state index is 11.2. The molecular formula is C7H17NO2S. The molecule has 0 aliphatic rings. The molecule has 4 heteroatoms. The molecule has 0 aromatic rings. The second kappa shape index (κ2) is 3.11. The molecule has 68 valence electrons. The van der Waals surface area contributed by atoms with Crippen LogP contribution in [-0.2, 0) is 10.0 Å². The molecule has 0 saturated heterocycles. The number of rotatable bonds is 2. The number of hydrogen-bond donors (Lipinski definition) is 1. The van der Waals surface area contributed by atoms with Gasteiger partial charge in [0.15, 0.2) is 0 Å². The lowest BCUT2D eigenvalue weighted by molar-refractivity contribution is 0.487. The van der Waals surface area contributed by atoms with Crippen molar-refractivity contribution >= 4 is 10.0 Å². The molecule has 11 heavy (non-hydrogen) atoms. The molecule has 0 radical (unpaired) electrons. The van der Waals surface area contributed by atoms with Crippen LogP contribution in [0.15, 0.2) is 0 Å². The molecule has 0 aliphatic carbocycles. The van der Waals surface area contributed by atoms with Crippen LogP contribution in [0.25, 0.3) is 0 Å². The molecule has 0 aromatic heterocycles. The van der Waals surface area contributed by atoms with Crippen LogP contribution in [0.4, 0.5) is 0 Å². The Labute approximate surface area is 69.2 Å². The summed E-state index contributed by atoms with van der Waals surface area (Å²) in [4.78, 5) is 0. The van der Waals surface area contributed by atoms with Gasteiger partial charge in [-0.2, -0.15) is 0 Å². The van der Waals surface area contributed by atoms with E-state index in [0.29, 0.717) is 0 Å². The van der Waals surface area contributed by atoms with E-state index >= 15 is 0 Å². The van der Waals surface area contributed by atoms with E-state index in [1.807, 2.05) is 20.8 Å². The summed E-state index contributed by atoms with van der Waals surface area (Å²) >= 11 is 0. The molecule has 3 nitrogen and oxygen atoms in total. The largest absolute Gasteiger partial charge is 0.214 e. The minimum Gasteiger partial charge on any atom is -0.212 e. The first-order valence-electron chi connectivity index (χ1n) is 3.68. The van der Waals surface area contributed by atoms with Crippen molar-refractivity contribution < 1.29 is 8.42 Å². The van der Waals surface area contributed by atoms with Crippen molar-refractivity contribution in [1.82, 2.24) is 4.72 Å². The monoisotopic (exact) mass is 179 g/mol. The van der Waals surface area contributed by atoms with E-state index in [-0.39, 0.29) is 10.8 Å². The fraction of sp³-hybridized carbons (Fsp3) is 1.00. The third-order valence-electron chi connectivity index (χ3n) is 1.07. The van der Waals surface area contributed by atoms with Crippen molar-refractivity contribution in [3.05, 3.63) is 0 Å². The van der Waals surface area contributed by atoms with E-state index in [0.717, 1.165) is 0 Å². The smallest absolute Gasteiger partial charge is 0.212 e. The summed E-state index contributed by atoms with van der Waals surface area (Å²) in [6.07, 6.45) is 0. The maximum Gasteiger partial charge on any atom is 0.214 e. The van der Waals surface area contributed by atoms with E-state index in [4.69, 9.17) is 0 Å². The van der Waals surface area contributed by atoms with E-state index in [2.05, 4.69) is 4.72 Å². The third kappa shape index (κ3) is 4.37. The number of nitrogens with one attached hydrogen (secondary N) is 1. The van der Waals surface area contributed by atoms with Crippen LogP contribution in [0.5, 0.6) is 0 Å². The average Bonchev–Trinajstić information content (AvgIpc) is 1.56. The molecule has 0 amide bonds. The van der Waals surface area contributed by atoms with Crippen LogP contribution in [0.1, 0.15) is 34.6 Å². The summed E-state index contributed by atoms with van der Waals surface area (Å²) in [5.41, 5.74) is -0.372. The highest BCUT2D eigenvalue weighted by atomic mass is 32.2. The Balaban J connectivity index is 4.40. The molecule has 0 unspecified atom stereocenters. The molecule has 1 N–H and O–H groups in total. The molecule has 0 saturated carbocycles. The maximum atomic E-state index is 11.2. The standard InChI is InChI=1S/C7H17NO2S/c1-6(2)11(9,10)8-7(3,4)5/h6,8H,1-5H3. The normalized spacial score (nSPS) is 14.0. The topological polar surface area (TPSA) is 46.2 Å².